The summed E-state index contributed by atoms with van der Waals surface area (Å²) in [6.45, 7) is 2.16. The zero-order chi connectivity index (χ0) is 19.5. The number of nitrogens with zero attached hydrogens (tertiary/aromatic N) is 1. The highest BCUT2D eigenvalue weighted by atomic mass is 16.5. The minimum atomic E-state index is -0.901. The van der Waals surface area contributed by atoms with Crippen molar-refractivity contribution in [1.82, 2.24) is 9.88 Å². The van der Waals surface area contributed by atoms with E-state index in [1.54, 1.807) is 24.4 Å². The summed E-state index contributed by atoms with van der Waals surface area (Å²) in [6.07, 6.45) is 1.74. The molecule has 4 rings (SSSR count). The van der Waals surface area contributed by atoms with E-state index >= 15 is 0 Å². The molecule has 0 bridgehead atoms. The molecule has 28 heavy (non-hydrogen) atoms. The first kappa shape index (κ1) is 18.2. The molecule has 1 atom stereocenters. The number of amides is 1. The smallest absolute Gasteiger partial charge is 0.325 e. The van der Waals surface area contributed by atoms with Crippen LogP contribution in [0.15, 0.2) is 54.7 Å². The maximum absolute atomic E-state index is 12.4. The molecule has 1 aliphatic rings. The number of nitrogens with one attached hydrogen (secondary N) is 2. The summed E-state index contributed by atoms with van der Waals surface area (Å²) in [5.41, 5.74) is 2.69. The van der Waals surface area contributed by atoms with E-state index in [0.29, 0.717) is 43.1 Å². The Hall–Kier alpha value is -3.16. The molecule has 1 saturated heterocycles. The Morgan fingerprint density at radius 1 is 1.11 bits per heavy atom. The van der Waals surface area contributed by atoms with Crippen molar-refractivity contribution in [3.63, 3.8) is 0 Å². The molecule has 7 nitrogen and oxygen atoms in total. The Bertz CT molecular complexity index is 993. The lowest BCUT2D eigenvalue weighted by Gasteiger charge is -2.31. The van der Waals surface area contributed by atoms with Gasteiger partial charge in [0.15, 0.2) is 0 Å². The summed E-state index contributed by atoms with van der Waals surface area (Å²) in [4.78, 5) is 29.5. The molecule has 3 aromatic rings. The number of ether oxygens (including phenoxy) is 1. The van der Waals surface area contributed by atoms with Crippen LogP contribution in [-0.4, -0.2) is 53.2 Å². The van der Waals surface area contributed by atoms with Crippen LogP contribution in [0.1, 0.15) is 22.0 Å². The summed E-state index contributed by atoms with van der Waals surface area (Å²) >= 11 is 0. The van der Waals surface area contributed by atoms with Crippen molar-refractivity contribution in [2.24, 2.45) is 0 Å². The van der Waals surface area contributed by atoms with E-state index in [1.165, 1.54) is 0 Å². The predicted octanol–water partition coefficient (Wildman–Crippen LogP) is 2.88. The number of H-pyrrole nitrogens is 1. The molecule has 144 valence electrons. The fraction of sp³-hybridized carbons (Fsp3) is 0.238. The molecule has 7 heteroatoms. The quantitative estimate of drug-likeness (QED) is 0.634. The Kier molecular flexibility index (Phi) is 5.10. The normalized spacial score (nSPS) is 16.0. The van der Waals surface area contributed by atoms with Gasteiger partial charge in [0.25, 0.3) is 5.91 Å². The molecule has 1 aromatic heterocycles. The fourth-order valence-electron chi connectivity index (χ4n) is 3.56. The lowest BCUT2D eigenvalue weighted by atomic mass is 10.0. The van der Waals surface area contributed by atoms with E-state index in [1.807, 2.05) is 35.2 Å². The van der Waals surface area contributed by atoms with E-state index < -0.39 is 12.0 Å². The Morgan fingerprint density at radius 3 is 2.57 bits per heavy atom. The van der Waals surface area contributed by atoms with Gasteiger partial charge in [0, 0.05) is 47.0 Å². The molecule has 1 fully saturated rings. The van der Waals surface area contributed by atoms with Crippen LogP contribution in [0.4, 0.5) is 5.69 Å². The van der Waals surface area contributed by atoms with Crippen molar-refractivity contribution in [3.05, 3.63) is 65.9 Å². The molecule has 0 saturated carbocycles. The van der Waals surface area contributed by atoms with E-state index in [2.05, 4.69) is 10.3 Å². The van der Waals surface area contributed by atoms with Crippen molar-refractivity contribution in [2.75, 3.05) is 31.6 Å². The molecule has 1 aliphatic heterocycles. The molecule has 3 N–H and O–H groups in total. The maximum atomic E-state index is 12.4. The molecular weight excluding hydrogens is 358 g/mol. The number of fused-ring (bicyclic) bond motifs is 1. The van der Waals surface area contributed by atoms with Crippen LogP contribution >= 0.6 is 0 Å². The minimum absolute atomic E-state index is 0.208. The second-order valence-electron chi connectivity index (χ2n) is 6.71. The number of hydrogen-bond acceptors (Lipinski definition) is 4. The average Bonchev–Trinajstić information content (AvgIpc) is 3.12. The molecule has 0 spiro atoms. The summed E-state index contributed by atoms with van der Waals surface area (Å²) < 4.78 is 5.35. The standard InChI is InChI=1S/C21H21N3O4/c25-20(14-4-2-1-3-5-14)23-15-6-7-18-16(12-15)17(13-22-18)19(21(26)27)24-8-10-28-11-9-24/h1-7,12-13,19,22H,8-11H2,(H,23,25)(H,26,27)/t19-/m1/s1. The van der Waals surface area contributed by atoms with Gasteiger partial charge in [-0.25, -0.2) is 0 Å². The molecule has 1 amide bonds. The van der Waals surface area contributed by atoms with Gasteiger partial charge in [-0.2, -0.15) is 0 Å². The van der Waals surface area contributed by atoms with Crippen molar-refractivity contribution < 1.29 is 19.4 Å². The number of morpholine rings is 1. The number of carboxylic acid groups (broad SMARTS) is 1. The van der Waals surface area contributed by atoms with Crippen LogP contribution in [0.2, 0.25) is 0 Å². The number of carbonyl (C=O) groups excluding carboxylic acids is 1. The average molecular weight is 379 g/mol. The highest BCUT2D eigenvalue weighted by Crippen LogP contribution is 2.31. The van der Waals surface area contributed by atoms with Crippen LogP contribution in [0.3, 0.4) is 0 Å². The number of hydrogen-bond donors (Lipinski definition) is 3. The van der Waals surface area contributed by atoms with E-state index in [-0.39, 0.29) is 5.91 Å². The van der Waals surface area contributed by atoms with Crippen molar-refractivity contribution in [3.8, 4) is 0 Å². The summed E-state index contributed by atoms with van der Waals surface area (Å²) in [6, 6.07) is 13.7. The van der Waals surface area contributed by atoms with Crippen molar-refractivity contribution in [2.45, 2.75) is 6.04 Å². The first-order valence-corrected chi connectivity index (χ1v) is 9.15. The van der Waals surface area contributed by atoms with Crippen molar-refractivity contribution >= 4 is 28.5 Å². The molecule has 2 heterocycles. The van der Waals surface area contributed by atoms with Gasteiger partial charge in [0.1, 0.15) is 6.04 Å². The number of carboxylic acids is 1. The Balaban J connectivity index is 1.65. The fourth-order valence-corrected chi connectivity index (χ4v) is 3.56. The Labute approximate surface area is 161 Å². The van der Waals surface area contributed by atoms with Gasteiger partial charge < -0.3 is 20.1 Å². The first-order valence-electron chi connectivity index (χ1n) is 9.15. The van der Waals surface area contributed by atoms with Crippen LogP contribution in [0.5, 0.6) is 0 Å². The highest BCUT2D eigenvalue weighted by molar-refractivity contribution is 6.05. The second kappa shape index (κ2) is 7.84. The zero-order valence-corrected chi connectivity index (χ0v) is 15.2. The number of anilines is 1. The van der Waals surface area contributed by atoms with Gasteiger partial charge >= 0.3 is 5.97 Å². The van der Waals surface area contributed by atoms with Gasteiger partial charge in [-0.1, -0.05) is 18.2 Å². The number of aliphatic carboxylic acids is 1. The van der Waals surface area contributed by atoms with Gasteiger partial charge in [0.2, 0.25) is 0 Å². The Morgan fingerprint density at radius 2 is 1.86 bits per heavy atom. The minimum Gasteiger partial charge on any atom is -0.480 e. The van der Waals surface area contributed by atoms with E-state index in [0.717, 1.165) is 10.9 Å². The summed E-state index contributed by atoms with van der Waals surface area (Å²) in [5.74, 6) is -1.11. The third-order valence-corrected chi connectivity index (χ3v) is 4.95. The molecule has 0 aliphatic carbocycles. The third kappa shape index (κ3) is 3.62. The molecular formula is C21H21N3O4. The van der Waals surface area contributed by atoms with Crippen LogP contribution < -0.4 is 5.32 Å². The van der Waals surface area contributed by atoms with Gasteiger partial charge in [0.05, 0.1) is 13.2 Å². The van der Waals surface area contributed by atoms with Gasteiger partial charge in [-0.15, -0.1) is 0 Å². The van der Waals surface area contributed by atoms with Gasteiger partial charge in [-0.3, -0.25) is 14.5 Å². The molecule has 0 radical (unpaired) electrons. The number of aromatic nitrogens is 1. The number of aromatic amines is 1. The largest absolute Gasteiger partial charge is 0.480 e. The summed E-state index contributed by atoms with van der Waals surface area (Å²) in [5, 5.41) is 13.5. The second-order valence-corrected chi connectivity index (χ2v) is 6.71. The highest BCUT2D eigenvalue weighted by Gasteiger charge is 2.30. The van der Waals surface area contributed by atoms with Crippen LogP contribution in [0.25, 0.3) is 10.9 Å². The predicted molar refractivity (Wildman–Crippen MR) is 105 cm³/mol. The first-order chi connectivity index (χ1) is 13.6. The lowest BCUT2D eigenvalue weighted by molar-refractivity contribution is -0.145. The number of rotatable bonds is 5. The van der Waals surface area contributed by atoms with Gasteiger partial charge in [-0.05, 0) is 30.3 Å². The zero-order valence-electron chi connectivity index (χ0n) is 15.2. The maximum Gasteiger partial charge on any atom is 0.325 e. The number of benzene rings is 2. The van der Waals surface area contributed by atoms with Crippen LogP contribution in [-0.2, 0) is 9.53 Å². The summed E-state index contributed by atoms with van der Waals surface area (Å²) in [7, 11) is 0. The SMILES string of the molecule is O=C(Nc1ccc2[nH]cc([C@H](C(=O)O)N3CCOCC3)c2c1)c1ccccc1. The third-order valence-electron chi connectivity index (χ3n) is 4.95. The van der Waals surface area contributed by atoms with Crippen molar-refractivity contribution in [1.29, 1.82) is 0 Å². The molecule has 0 unspecified atom stereocenters. The molecule has 2 aromatic carbocycles. The van der Waals surface area contributed by atoms with Crippen LogP contribution in [0, 0.1) is 0 Å². The number of carbonyl (C=O) groups is 2. The topological polar surface area (TPSA) is 94.7 Å². The van der Waals surface area contributed by atoms with E-state index in [4.69, 9.17) is 4.74 Å². The van der Waals surface area contributed by atoms with E-state index in [9.17, 15) is 14.7 Å². The monoisotopic (exact) mass is 379 g/mol. The lowest BCUT2D eigenvalue weighted by Crippen LogP contribution is -2.42.